The van der Waals surface area contributed by atoms with E-state index in [0.29, 0.717) is 0 Å². The predicted octanol–water partition coefficient (Wildman–Crippen LogP) is 2.32. The summed E-state index contributed by atoms with van der Waals surface area (Å²) >= 11 is 0. The smallest absolute Gasteiger partial charge is 0.209 e. The number of hydrogen-bond donors (Lipinski definition) is 3. The maximum absolute atomic E-state index is 12.2. The second kappa shape index (κ2) is 14.1. The van der Waals surface area contributed by atoms with E-state index in [1.165, 1.54) is 17.4 Å². The van der Waals surface area contributed by atoms with E-state index in [1.807, 2.05) is 60.7 Å². The van der Waals surface area contributed by atoms with Gasteiger partial charge in [-0.2, -0.15) is 0 Å². The lowest BCUT2D eigenvalue weighted by atomic mass is 9.94. The molecule has 0 amide bonds. The first-order valence-corrected chi connectivity index (χ1v) is 12.7. The zero-order chi connectivity index (χ0) is 22.1. The van der Waals surface area contributed by atoms with Crippen molar-refractivity contribution in [2.24, 2.45) is 0 Å². The normalized spacial score (nSPS) is 12.8. The van der Waals surface area contributed by atoms with Gasteiger partial charge in [-0.1, -0.05) is 90.5 Å². The van der Waals surface area contributed by atoms with Crippen LogP contribution in [0, 0.1) is 6.92 Å². The van der Waals surface area contributed by atoms with Crippen molar-refractivity contribution in [2.75, 3.05) is 12.8 Å². The van der Waals surface area contributed by atoms with Crippen molar-refractivity contribution in [3.05, 3.63) is 107 Å². The summed E-state index contributed by atoms with van der Waals surface area (Å²) in [5.74, 6) is 0. The molecule has 0 saturated carbocycles. The number of quaternary nitrogens is 1. The standard InChI is InChI=1S/C26H32N2O2S.ClH.H3N/c1-21-12-11-14-22(20-21)13-9-10-19-27-25(23-15-5-3-6-16-23)26(28-31(2,29)30)24-17-7-4-8-18-24;;/h3-8,11-12,14-18,20,25-28H,9-10,13,19H2,1-2H3;1H;1H3/t25-,26-;;/m0../s1. The predicted molar refractivity (Wildman–Crippen MR) is 134 cm³/mol. The summed E-state index contributed by atoms with van der Waals surface area (Å²) in [7, 11) is -3.39. The molecule has 0 unspecified atom stereocenters. The van der Waals surface area contributed by atoms with E-state index in [0.717, 1.165) is 36.9 Å². The zero-order valence-electron chi connectivity index (χ0n) is 19.7. The highest BCUT2D eigenvalue weighted by Crippen LogP contribution is 2.29. The van der Waals surface area contributed by atoms with Crippen molar-refractivity contribution in [1.29, 1.82) is 0 Å². The van der Waals surface area contributed by atoms with Crippen LogP contribution < -0.4 is 28.6 Å². The molecule has 0 aliphatic carbocycles. The number of hydrogen-bond acceptors (Lipinski definition) is 3. The molecule has 0 radical (unpaired) electrons. The fraction of sp³-hybridized carbons (Fsp3) is 0.308. The fourth-order valence-corrected chi connectivity index (χ4v) is 4.62. The van der Waals surface area contributed by atoms with Crippen molar-refractivity contribution in [3.8, 4) is 0 Å². The number of benzene rings is 3. The monoisotopic (exact) mass is 489 g/mol. The maximum Gasteiger partial charge on any atom is 0.209 e. The lowest BCUT2D eigenvalue weighted by Gasteiger charge is -2.29. The van der Waals surface area contributed by atoms with Crippen molar-refractivity contribution >= 4 is 10.0 Å². The topological polar surface area (TPSA) is 94.7 Å². The van der Waals surface area contributed by atoms with Gasteiger partial charge in [0.2, 0.25) is 10.0 Å². The Balaban J connectivity index is 0.00000272. The van der Waals surface area contributed by atoms with E-state index < -0.39 is 16.1 Å². The van der Waals surface area contributed by atoms with Crippen LogP contribution in [0.4, 0.5) is 0 Å². The van der Waals surface area contributed by atoms with Crippen LogP contribution in [-0.4, -0.2) is 21.2 Å². The SMILES string of the molecule is Cc1cccc(CCCCN[C@@H](c2ccccc2)[C@@H](NS(C)(=O)=O)c2ccccc2)c1.[Cl-].[NH4+]. The van der Waals surface area contributed by atoms with Crippen molar-refractivity contribution in [1.82, 2.24) is 16.2 Å². The highest BCUT2D eigenvalue weighted by Gasteiger charge is 2.27. The molecule has 7 heteroatoms. The maximum atomic E-state index is 12.2. The van der Waals surface area contributed by atoms with Crippen LogP contribution in [0.2, 0.25) is 0 Å². The third kappa shape index (κ3) is 9.66. The van der Waals surface area contributed by atoms with E-state index in [2.05, 4.69) is 41.2 Å². The molecule has 33 heavy (non-hydrogen) atoms. The molecule has 0 saturated heterocycles. The average molecular weight is 490 g/mol. The van der Waals surface area contributed by atoms with Crippen LogP contribution in [0.25, 0.3) is 0 Å². The van der Waals surface area contributed by atoms with Gasteiger partial charge in [0, 0.05) is 0 Å². The molecule has 0 fully saturated rings. The zero-order valence-corrected chi connectivity index (χ0v) is 21.2. The van der Waals surface area contributed by atoms with Gasteiger partial charge >= 0.3 is 0 Å². The second-order valence-electron chi connectivity index (χ2n) is 8.07. The number of aryl methyl sites for hydroxylation is 2. The quantitative estimate of drug-likeness (QED) is 0.361. The highest BCUT2D eigenvalue weighted by atomic mass is 35.5. The molecule has 0 aromatic heterocycles. The van der Waals surface area contributed by atoms with Crippen LogP contribution in [-0.2, 0) is 16.4 Å². The summed E-state index contributed by atoms with van der Waals surface area (Å²) in [4.78, 5) is 0. The van der Waals surface area contributed by atoms with Crippen molar-refractivity contribution in [2.45, 2.75) is 38.3 Å². The van der Waals surface area contributed by atoms with E-state index in [4.69, 9.17) is 0 Å². The summed E-state index contributed by atoms with van der Waals surface area (Å²) in [6, 6.07) is 27.9. The Morgan fingerprint density at radius 1 is 0.788 bits per heavy atom. The third-order valence-electron chi connectivity index (χ3n) is 5.33. The highest BCUT2D eigenvalue weighted by molar-refractivity contribution is 7.88. The van der Waals surface area contributed by atoms with Gasteiger partial charge in [0.1, 0.15) is 0 Å². The number of unbranched alkanes of at least 4 members (excludes halogenated alkanes) is 1. The summed E-state index contributed by atoms with van der Waals surface area (Å²) in [5.41, 5.74) is 4.65. The molecule has 0 heterocycles. The van der Waals surface area contributed by atoms with Gasteiger partial charge < -0.3 is 23.9 Å². The van der Waals surface area contributed by atoms with Gasteiger partial charge in [0.05, 0.1) is 18.3 Å². The van der Waals surface area contributed by atoms with E-state index >= 15 is 0 Å². The Morgan fingerprint density at radius 3 is 1.91 bits per heavy atom. The van der Waals surface area contributed by atoms with Crippen LogP contribution in [0.15, 0.2) is 84.9 Å². The van der Waals surface area contributed by atoms with Gasteiger partial charge in [0.25, 0.3) is 0 Å². The van der Waals surface area contributed by atoms with Crippen LogP contribution in [0.3, 0.4) is 0 Å². The van der Waals surface area contributed by atoms with Gasteiger partial charge in [-0.3, -0.25) is 0 Å². The Kier molecular flexibility index (Phi) is 12.3. The minimum absolute atomic E-state index is 0. The summed E-state index contributed by atoms with van der Waals surface area (Å²) in [6.45, 7) is 2.92. The molecule has 3 aromatic rings. The lowest BCUT2D eigenvalue weighted by molar-refractivity contribution is -0.00000950. The molecule has 180 valence electrons. The van der Waals surface area contributed by atoms with E-state index in [9.17, 15) is 8.42 Å². The molecule has 0 spiro atoms. The molecular formula is C26H36ClN3O2S. The molecule has 0 bridgehead atoms. The van der Waals surface area contributed by atoms with Gasteiger partial charge in [-0.15, -0.1) is 0 Å². The largest absolute Gasteiger partial charge is 1.00 e. The van der Waals surface area contributed by atoms with Crippen molar-refractivity contribution < 1.29 is 20.8 Å². The molecule has 3 rings (SSSR count). The first kappa shape index (κ1) is 28.8. The summed E-state index contributed by atoms with van der Waals surface area (Å²) < 4.78 is 27.2. The number of sulfonamides is 1. The van der Waals surface area contributed by atoms with Crippen LogP contribution in [0.1, 0.15) is 47.2 Å². The minimum Gasteiger partial charge on any atom is -1.00 e. The van der Waals surface area contributed by atoms with Crippen LogP contribution in [0.5, 0.6) is 0 Å². The molecule has 0 aliphatic heterocycles. The molecule has 6 N–H and O–H groups in total. The van der Waals surface area contributed by atoms with E-state index in [-0.39, 0.29) is 24.6 Å². The molecule has 0 aliphatic rings. The number of halogens is 1. The molecule has 2 atom stereocenters. The lowest BCUT2D eigenvalue weighted by Crippen LogP contribution is -3.00. The summed E-state index contributed by atoms with van der Waals surface area (Å²) in [6.07, 6.45) is 4.35. The molecule has 3 aromatic carbocycles. The van der Waals surface area contributed by atoms with Gasteiger partial charge in [-0.25, -0.2) is 13.1 Å². The fourth-order valence-electron chi connectivity index (χ4n) is 3.89. The summed E-state index contributed by atoms with van der Waals surface area (Å²) in [5, 5.41) is 3.63. The number of rotatable bonds is 11. The Hall–Kier alpha value is -2.22. The van der Waals surface area contributed by atoms with Crippen molar-refractivity contribution in [3.63, 3.8) is 0 Å². The Labute approximate surface area is 205 Å². The Bertz CT molecular complexity index is 1050. The number of nitrogens with one attached hydrogen (secondary N) is 2. The minimum atomic E-state index is -3.39. The third-order valence-corrected chi connectivity index (χ3v) is 6.01. The first-order chi connectivity index (χ1) is 14.9. The van der Waals surface area contributed by atoms with E-state index in [1.54, 1.807) is 0 Å². The molecule has 5 nitrogen and oxygen atoms in total. The Morgan fingerprint density at radius 2 is 1.36 bits per heavy atom. The first-order valence-electron chi connectivity index (χ1n) is 10.8. The van der Waals surface area contributed by atoms with Gasteiger partial charge in [0.15, 0.2) is 0 Å². The average Bonchev–Trinajstić information content (AvgIpc) is 2.75. The van der Waals surface area contributed by atoms with Crippen LogP contribution >= 0.6 is 0 Å². The second-order valence-corrected chi connectivity index (χ2v) is 9.85. The molecular weight excluding hydrogens is 454 g/mol. The van der Waals surface area contributed by atoms with Gasteiger partial charge in [-0.05, 0) is 49.4 Å².